The number of hydrogen-bond donors (Lipinski definition) is 2. The molecule has 0 saturated heterocycles. The molecule has 0 fully saturated rings. The molecule has 140 valence electrons. The number of nitrogens with zero attached hydrogens (tertiary/aromatic N) is 3. The average Bonchev–Trinajstić information content (AvgIpc) is 3.18. The fourth-order valence-corrected chi connectivity index (χ4v) is 3.67. The van der Waals surface area contributed by atoms with Gasteiger partial charge >= 0.3 is 5.97 Å². The molecule has 3 rings (SSSR count). The van der Waals surface area contributed by atoms with Gasteiger partial charge in [0.05, 0.1) is 0 Å². The zero-order valence-electron chi connectivity index (χ0n) is 15.8. The first-order chi connectivity index (χ1) is 12.9. The van der Waals surface area contributed by atoms with Crippen LogP contribution in [0.15, 0.2) is 40.4 Å². The second kappa shape index (κ2) is 7.84. The molecule has 0 saturated carbocycles. The van der Waals surface area contributed by atoms with Gasteiger partial charge in [-0.25, -0.2) is 9.78 Å². The number of carbonyl (C=O) groups is 1. The van der Waals surface area contributed by atoms with Gasteiger partial charge in [0.25, 0.3) is 0 Å². The number of carboxylic acids is 1. The SMILES string of the molecule is CCc1nc(S/C(=C/c2cc(C)n(-c3cccc(C)c3)c2C)C(=O)O)n[nH]1. The summed E-state index contributed by atoms with van der Waals surface area (Å²) in [7, 11) is 0. The average molecular weight is 382 g/mol. The van der Waals surface area contributed by atoms with E-state index in [0.29, 0.717) is 5.16 Å². The summed E-state index contributed by atoms with van der Waals surface area (Å²) in [6, 6.07) is 10.2. The molecule has 1 aromatic carbocycles. The third kappa shape index (κ3) is 4.14. The van der Waals surface area contributed by atoms with Crippen LogP contribution in [0.1, 0.15) is 35.3 Å². The number of thioether (sulfide) groups is 1. The number of aromatic amines is 1. The highest BCUT2D eigenvalue weighted by Gasteiger charge is 2.16. The maximum atomic E-state index is 11.7. The number of aromatic nitrogens is 4. The van der Waals surface area contributed by atoms with Crippen LogP contribution < -0.4 is 0 Å². The Hall–Kier alpha value is -2.80. The number of carboxylic acid groups (broad SMARTS) is 1. The van der Waals surface area contributed by atoms with E-state index in [0.717, 1.165) is 46.6 Å². The lowest BCUT2D eigenvalue weighted by Crippen LogP contribution is -2.00. The summed E-state index contributed by atoms with van der Waals surface area (Å²) in [5.74, 6) is -0.261. The molecule has 0 spiro atoms. The minimum Gasteiger partial charge on any atom is -0.477 e. The Bertz CT molecular complexity index is 1020. The van der Waals surface area contributed by atoms with E-state index in [9.17, 15) is 9.90 Å². The summed E-state index contributed by atoms with van der Waals surface area (Å²) < 4.78 is 2.13. The molecule has 6 nitrogen and oxygen atoms in total. The predicted molar refractivity (Wildman–Crippen MR) is 107 cm³/mol. The third-order valence-corrected chi connectivity index (χ3v) is 5.15. The topological polar surface area (TPSA) is 83.8 Å². The fourth-order valence-electron chi connectivity index (χ4n) is 2.95. The number of H-pyrrole nitrogens is 1. The van der Waals surface area contributed by atoms with E-state index < -0.39 is 5.97 Å². The van der Waals surface area contributed by atoms with E-state index in [1.807, 2.05) is 39.0 Å². The van der Waals surface area contributed by atoms with Crippen molar-refractivity contribution in [3.05, 3.63) is 63.6 Å². The minimum atomic E-state index is -0.997. The molecule has 3 aromatic rings. The van der Waals surface area contributed by atoms with Crippen molar-refractivity contribution in [3.63, 3.8) is 0 Å². The number of rotatable bonds is 6. The molecule has 0 aliphatic carbocycles. The second-order valence-electron chi connectivity index (χ2n) is 6.33. The van der Waals surface area contributed by atoms with Gasteiger partial charge in [0.15, 0.2) is 0 Å². The van der Waals surface area contributed by atoms with Crippen LogP contribution in [0.2, 0.25) is 0 Å². The fraction of sp³-hybridized carbons (Fsp3) is 0.250. The zero-order valence-corrected chi connectivity index (χ0v) is 16.6. The van der Waals surface area contributed by atoms with Gasteiger partial charge in [0.2, 0.25) is 5.16 Å². The van der Waals surface area contributed by atoms with Crippen LogP contribution in [0, 0.1) is 20.8 Å². The number of aliphatic carboxylic acids is 1. The van der Waals surface area contributed by atoms with Crippen LogP contribution in [0.3, 0.4) is 0 Å². The first-order valence-corrected chi connectivity index (χ1v) is 9.50. The maximum Gasteiger partial charge on any atom is 0.342 e. The molecule has 0 unspecified atom stereocenters. The zero-order chi connectivity index (χ0) is 19.6. The molecule has 0 amide bonds. The van der Waals surface area contributed by atoms with E-state index in [1.165, 1.54) is 5.56 Å². The molecule has 0 radical (unpaired) electrons. The predicted octanol–water partition coefficient (Wildman–Crippen LogP) is 4.30. The lowest BCUT2D eigenvalue weighted by atomic mass is 10.2. The van der Waals surface area contributed by atoms with Gasteiger partial charge in [0, 0.05) is 23.5 Å². The Kier molecular flexibility index (Phi) is 5.51. The molecule has 27 heavy (non-hydrogen) atoms. The van der Waals surface area contributed by atoms with Crippen molar-refractivity contribution in [1.82, 2.24) is 19.7 Å². The number of hydrogen-bond acceptors (Lipinski definition) is 4. The maximum absolute atomic E-state index is 11.7. The van der Waals surface area contributed by atoms with Crippen LogP contribution in [0.5, 0.6) is 0 Å². The largest absolute Gasteiger partial charge is 0.477 e. The molecule has 2 heterocycles. The van der Waals surface area contributed by atoms with Crippen LogP contribution in [0.25, 0.3) is 11.8 Å². The van der Waals surface area contributed by atoms with Gasteiger partial charge in [0.1, 0.15) is 10.7 Å². The Morgan fingerprint density at radius 1 is 1.30 bits per heavy atom. The first-order valence-electron chi connectivity index (χ1n) is 8.69. The van der Waals surface area contributed by atoms with E-state index in [1.54, 1.807) is 6.08 Å². The second-order valence-corrected chi connectivity index (χ2v) is 7.34. The van der Waals surface area contributed by atoms with Crippen LogP contribution >= 0.6 is 11.8 Å². The summed E-state index contributed by atoms with van der Waals surface area (Å²) in [6.45, 7) is 8.03. The molecule has 2 aromatic heterocycles. The van der Waals surface area contributed by atoms with Crippen molar-refractivity contribution in [3.8, 4) is 5.69 Å². The van der Waals surface area contributed by atoms with Gasteiger partial charge in [-0.2, -0.15) is 0 Å². The van der Waals surface area contributed by atoms with Gasteiger partial charge in [-0.3, -0.25) is 5.10 Å². The highest BCUT2D eigenvalue weighted by molar-refractivity contribution is 8.04. The molecule has 0 atom stereocenters. The Morgan fingerprint density at radius 2 is 2.07 bits per heavy atom. The molecule has 0 bridgehead atoms. The van der Waals surface area contributed by atoms with Crippen molar-refractivity contribution in [2.24, 2.45) is 0 Å². The van der Waals surface area contributed by atoms with Crippen molar-refractivity contribution in [1.29, 1.82) is 0 Å². The molecule has 7 heteroatoms. The smallest absolute Gasteiger partial charge is 0.342 e. The van der Waals surface area contributed by atoms with E-state index in [4.69, 9.17) is 0 Å². The van der Waals surface area contributed by atoms with Gasteiger partial charge in [-0.15, -0.1) is 5.10 Å². The van der Waals surface area contributed by atoms with Crippen molar-refractivity contribution < 1.29 is 9.90 Å². The molecular weight excluding hydrogens is 360 g/mol. The lowest BCUT2D eigenvalue weighted by Gasteiger charge is -2.10. The normalized spacial score (nSPS) is 11.8. The Labute approximate surface area is 162 Å². The van der Waals surface area contributed by atoms with Gasteiger partial charge in [-0.1, -0.05) is 19.1 Å². The summed E-state index contributed by atoms with van der Waals surface area (Å²) >= 11 is 1.05. The van der Waals surface area contributed by atoms with Crippen LogP contribution in [-0.2, 0) is 11.2 Å². The van der Waals surface area contributed by atoms with Crippen molar-refractivity contribution in [2.75, 3.05) is 0 Å². The summed E-state index contributed by atoms with van der Waals surface area (Å²) in [5.41, 5.74) is 5.14. The van der Waals surface area contributed by atoms with Crippen LogP contribution in [-0.4, -0.2) is 30.8 Å². The highest BCUT2D eigenvalue weighted by atomic mass is 32.2. The van der Waals surface area contributed by atoms with Crippen molar-refractivity contribution in [2.45, 2.75) is 39.3 Å². The first kappa shape index (κ1) is 19.0. The number of aryl methyl sites for hydroxylation is 3. The molecule has 0 aliphatic rings. The van der Waals surface area contributed by atoms with Gasteiger partial charge in [-0.05, 0) is 67.9 Å². The number of nitrogens with one attached hydrogen (secondary N) is 1. The monoisotopic (exact) mass is 382 g/mol. The quantitative estimate of drug-likeness (QED) is 0.490. The highest BCUT2D eigenvalue weighted by Crippen LogP contribution is 2.29. The Morgan fingerprint density at radius 3 is 2.70 bits per heavy atom. The van der Waals surface area contributed by atoms with E-state index >= 15 is 0 Å². The standard InChI is InChI=1S/C20H22N4O2S/c1-5-18-21-20(23-22-18)27-17(19(25)26)11-15-10-13(3)24(14(15)4)16-8-6-7-12(2)9-16/h6-11H,5H2,1-4H3,(H,25,26)(H,21,22,23)/b17-11+. The number of benzene rings is 1. The summed E-state index contributed by atoms with van der Waals surface area (Å²) in [5, 5.41) is 16.9. The lowest BCUT2D eigenvalue weighted by molar-refractivity contribution is -0.131. The van der Waals surface area contributed by atoms with Gasteiger partial charge < -0.3 is 9.67 Å². The molecule has 2 N–H and O–H groups in total. The third-order valence-electron chi connectivity index (χ3n) is 4.27. The van der Waals surface area contributed by atoms with E-state index in [2.05, 4.69) is 38.8 Å². The van der Waals surface area contributed by atoms with Crippen molar-refractivity contribution >= 4 is 23.8 Å². The Balaban J connectivity index is 1.98. The summed E-state index contributed by atoms with van der Waals surface area (Å²) in [4.78, 5) is 16.2. The summed E-state index contributed by atoms with van der Waals surface area (Å²) in [6.07, 6.45) is 2.40. The van der Waals surface area contributed by atoms with Crippen LogP contribution in [0.4, 0.5) is 0 Å². The van der Waals surface area contributed by atoms with E-state index in [-0.39, 0.29) is 4.91 Å². The molecular formula is C20H22N4O2S. The molecule has 0 aliphatic heterocycles. The minimum absolute atomic E-state index is 0.182.